The highest BCUT2D eigenvalue weighted by atomic mass is 32.1. The largest absolute Gasteiger partial charge is 0.370 e. The Morgan fingerprint density at radius 2 is 0.824 bits per heavy atom. The third-order valence-electron chi connectivity index (χ3n) is 22.1. The molecule has 4 amide bonds. The standard InChI is InChI=1S/C27H29N7O.C24H22F2N6O.C23H21F2N7O.C23H23N7O.4H2S/c1-17(20-4-3-5-21-22(27(35)28-2)10-11-29-26(20)21)13-30-25-12-23(33-16-34-25)19-8-9-24(32-15-19)31-14-18-6-7-18;1-13(9-29-20-8-19(31-12-32-20)15-5-4-14(2)28-10-15)16-6-7-17(25)21-22(24(33)27-3)18(26)11-30-23(16)21;1-12(7-29-19-6-18(31-11-32-19)14-8-27-13(2)28-9-14)15-4-5-16(24)20-21(23(33)26-3)17(25)10-30-22(15)20;1-14(17-5-4-6-18-19(23(31)24-3)7-8-25-22(17)18)10-28-21-9-20(29-13-30-21)16-11-26-15(2)27-12-16;;;;/h3-5,8-12,15-18H,6-7,13-14H2,1-2H3,(H,28,35)(H,31,32)(H,30,33,34);4-8,10-13H,9H2,1-3H3,(H,27,33)(H,29,31,32);4-6,8-12H,7H2,1-3H3,(H,26,33)(H,29,31,32);4-9,11-14H,10H2,1-3H3,(H,24,31)(H,28,29,30);4*1H2/t17-;13-;12-;14-;;;;/m1111..../s1/i;;;13D;;;;. The summed E-state index contributed by atoms with van der Waals surface area (Å²) in [6, 6.07) is 36.1. The molecule has 702 valence electrons. The minimum absolute atomic E-state index is 0. The summed E-state index contributed by atoms with van der Waals surface area (Å²) >= 11 is 0. The number of fused-ring (bicyclic) bond motifs is 4. The smallest absolute Gasteiger partial charge is 0.254 e. The van der Waals surface area contributed by atoms with Crippen LogP contribution < -0.4 is 48.0 Å². The number of amides is 4. The second-order valence-electron chi connectivity index (χ2n) is 31.4. The summed E-state index contributed by atoms with van der Waals surface area (Å²) in [5.74, 6) is 0.00101. The summed E-state index contributed by atoms with van der Waals surface area (Å²) in [7, 11) is 5.98. The van der Waals surface area contributed by atoms with Crippen LogP contribution in [-0.4, -0.2) is 174 Å². The molecule has 1 fully saturated rings. The molecule has 0 aliphatic heterocycles. The lowest BCUT2D eigenvalue weighted by atomic mass is 9.95. The van der Waals surface area contributed by atoms with Gasteiger partial charge in [-0.1, -0.05) is 76.2 Å². The van der Waals surface area contributed by atoms with Crippen LogP contribution in [0.5, 0.6) is 0 Å². The lowest BCUT2D eigenvalue weighted by Gasteiger charge is -2.17. The van der Waals surface area contributed by atoms with E-state index in [0.29, 0.717) is 88.6 Å². The topological polar surface area (TPSA) is 412 Å². The fourth-order valence-corrected chi connectivity index (χ4v) is 14.6. The Morgan fingerprint density at radius 3 is 1.25 bits per heavy atom. The molecule has 1 saturated carbocycles. The molecule has 16 aromatic rings. The highest BCUT2D eigenvalue weighted by molar-refractivity contribution is 7.59. The number of aryl methyl sites for hydroxylation is 3. The van der Waals surface area contributed by atoms with Crippen molar-refractivity contribution >= 4 is 144 Å². The Labute approximate surface area is 810 Å². The van der Waals surface area contributed by atoms with Gasteiger partial charge in [0.2, 0.25) is 0 Å². The van der Waals surface area contributed by atoms with Crippen molar-refractivity contribution < 1.29 is 38.1 Å². The molecule has 1 aliphatic carbocycles. The Hall–Kier alpha value is -14.7. The molecule has 0 unspecified atom stereocenters. The molecular formula is C97H103F4N27O4S4. The maximum atomic E-state index is 14.6. The van der Waals surface area contributed by atoms with Crippen molar-refractivity contribution in [1.82, 2.24) is 111 Å². The predicted octanol–water partition coefficient (Wildman–Crippen LogP) is 15.6. The third-order valence-corrected chi connectivity index (χ3v) is 22.1. The van der Waals surface area contributed by atoms with Crippen LogP contribution in [0.4, 0.5) is 40.8 Å². The average molecular weight is 1920 g/mol. The molecule has 0 radical (unpaired) electrons. The number of pyridine rings is 6. The fourth-order valence-electron chi connectivity index (χ4n) is 14.6. The molecule has 31 nitrogen and oxygen atoms in total. The van der Waals surface area contributed by atoms with Crippen molar-refractivity contribution in [3.8, 4) is 45.0 Å². The third kappa shape index (κ3) is 25.2. The van der Waals surface area contributed by atoms with Crippen LogP contribution in [0.15, 0.2) is 214 Å². The van der Waals surface area contributed by atoms with Gasteiger partial charge in [0.15, 0.2) is 17.1 Å². The minimum atomic E-state index is -0.878. The van der Waals surface area contributed by atoms with E-state index in [0.717, 1.165) is 109 Å². The van der Waals surface area contributed by atoms with E-state index in [1.165, 1.54) is 51.7 Å². The molecule has 0 bridgehead atoms. The zero-order valence-electron chi connectivity index (χ0n) is 77.1. The van der Waals surface area contributed by atoms with Gasteiger partial charge in [-0.05, 0) is 110 Å². The van der Waals surface area contributed by atoms with Gasteiger partial charge in [-0.15, -0.1) is 0 Å². The second kappa shape index (κ2) is 48.3. The Kier molecular flexibility index (Phi) is 36.2. The van der Waals surface area contributed by atoms with Gasteiger partial charge in [-0.3, -0.25) is 49.1 Å². The first-order valence-electron chi connectivity index (χ1n) is 43.0. The molecule has 4 aromatic carbocycles. The van der Waals surface area contributed by atoms with E-state index in [1.807, 2.05) is 101 Å². The fraction of sp³-hybridized carbons (Fsp3) is 0.237. The van der Waals surface area contributed by atoms with Gasteiger partial charge in [0, 0.05) is 197 Å². The monoisotopic (exact) mass is 1910 g/mol. The number of halogens is 4. The summed E-state index contributed by atoms with van der Waals surface area (Å²) in [5, 5.41) is 24.8. The van der Waals surface area contributed by atoms with Crippen molar-refractivity contribution in [2.24, 2.45) is 10.9 Å². The summed E-state index contributed by atoms with van der Waals surface area (Å²) in [5.41, 5.74) is 13.6. The van der Waals surface area contributed by atoms with Crippen LogP contribution in [0.1, 0.15) is 147 Å². The van der Waals surface area contributed by atoms with Gasteiger partial charge in [-0.25, -0.2) is 77.4 Å². The van der Waals surface area contributed by atoms with E-state index < -0.39 is 35.1 Å². The van der Waals surface area contributed by atoms with Crippen LogP contribution in [-0.2, 0) is 0 Å². The van der Waals surface area contributed by atoms with Gasteiger partial charge >= 0.3 is 0 Å². The van der Waals surface area contributed by atoms with Crippen molar-refractivity contribution in [2.45, 2.75) is 85.0 Å². The highest BCUT2D eigenvalue weighted by Gasteiger charge is 2.27. The number of nitrogens with zero attached hydrogens (tertiary/aromatic N) is 18. The number of hydrogen-bond donors (Lipinski definition) is 9. The SMILES string of the molecule is CNC(=O)c1c(F)cnc2c([C@H](C)CNc3cc(-c4ccc(C)nc4)ncn3)ccc(F)c12.CNC(=O)c1c(F)cnc2c([C@H](C)CNc3cc(-c4cnc(C)nc4)ncn3)ccc(F)c12.CNC(=O)c1ccnc2c([C@H](C)CNc3cc(-c4ccc(NCC5CC5)nc4)ncn3)cccc12.S.S.S.S.[2H]c1nc(=NC[C@@H](C)c2cccc3c(C(=O)NC)ccnc23)cc(-c2cnc(C)nc2)[nH]1. The number of para-hydroxylation sites is 2. The van der Waals surface area contributed by atoms with E-state index in [4.69, 9.17) is 1.37 Å². The zero-order chi connectivity index (χ0) is 93.9. The quantitative estimate of drug-likeness (QED) is 0.0227. The molecule has 17 rings (SSSR count). The van der Waals surface area contributed by atoms with Crippen LogP contribution in [0.2, 0.25) is 0 Å². The van der Waals surface area contributed by atoms with E-state index in [-0.39, 0.29) is 129 Å². The second-order valence-corrected chi connectivity index (χ2v) is 31.4. The van der Waals surface area contributed by atoms with Crippen LogP contribution in [0, 0.1) is 50.0 Å². The minimum Gasteiger partial charge on any atom is -0.370 e. The number of aromatic nitrogens is 18. The molecule has 0 saturated heterocycles. The molecule has 9 N–H and O–H groups in total. The number of benzene rings is 4. The first-order chi connectivity index (χ1) is 64.3. The van der Waals surface area contributed by atoms with Gasteiger partial charge in [0.1, 0.15) is 66.9 Å². The zero-order valence-corrected chi connectivity index (χ0v) is 80.1. The number of hydrogen-bond acceptors (Lipinski definition) is 26. The molecule has 0 spiro atoms. The first-order valence-corrected chi connectivity index (χ1v) is 42.5. The van der Waals surface area contributed by atoms with Crippen LogP contribution in [0.25, 0.3) is 88.6 Å². The maximum absolute atomic E-state index is 14.6. The van der Waals surface area contributed by atoms with Crippen molar-refractivity contribution in [2.75, 3.05) is 82.2 Å². The van der Waals surface area contributed by atoms with Crippen molar-refractivity contribution in [3.05, 3.63) is 299 Å². The highest BCUT2D eigenvalue weighted by Crippen LogP contribution is 2.36. The summed E-state index contributed by atoms with van der Waals surface area (Å²) in [6.07, 6.45) is 22.7. The molecule has 136 heavy (non-hydrogen) atoms. The Bertz CT molecular complexity index is 6830. The van der Waals surface area contributed by atoms with E-state index in [1.54, 1.807) is 107 Å². The molecule has 4 atom stereocenters. The molecular weight excluding hydrogens is 1810 g/mol. The van der Waals surface area contributed by atoms with Crippen LogP contribution >= 0.6 is 54.0 Å². The van der Waals surface area contributed by atoms with Gasteiger partial charge in [-0.2, -0.15) is 54.0 Å². The first kappa shape index (κ1) is 102. The Morgan fingerprint density at radius 1 is 0.404 bits per heavy atom. The number of carbonyl (C=O) groups is 4. The van der Waals surface area contributed by atoms with Gasteiger partial charge < -0.3 is 47.5 Å². The van der Waals surface area contributed by atoms with E-state index in [9.17, 15) is 36.7 Å². The molecule has 12 heterocycles. The van der Waals surface area contributed by atoms with E-state index >= 15 is 0 Å². The normalized spacial score (nSPS) is 12.3. The summed E-state index contributed by atoms with van der Waals surface area (Å²) in [6.45, 7) is 16.5. The predicted molar refractivity (Wildman–Crippen MR) is 540 cm³/mol. The van der Waals surface area contributed by atoms with Crippen molar-refractivity contribution in [1.29, 1.82) is 0 Å². The summed E-state index contributed by atoms with van der Waals surface area (Å²) < 4.78 is 65.9. The van der Waals surface area contributed by atoms with Gasteiger partial charge in [0.05, 0.1) is 96.6 Å². The maximum Gasteiger partial charge on any atom is 0.254 e. The van der Waals surface area contributed by atoms with Gasteiger partial charge in [0.25, 0.3) is 23.6 Å². The number of carbonyl (C=O) groups excluding carboxylic acids is 4. The molecule has 12 aromatic heterocycles. The van der Waals surface area contributed by atoms with Crippen molar-refractivity contribution in [3.63, 3.8) is 0 Å². The molecule has 39 heteroatoms. The Balaban J connectivity index is 0.000000187. The lowest BCUT2D eigenvalue weighted by Crippen LogP contribution is -2.21. The molecule has 1 aliphatic rings. The number of nitrogens with one attached hydrogen (secondary N) is 9. The lowest BCUT2D eigenvalue weighted by molar-refractivity contribution is 0.0952. The average Bonchev–Trinajstić information content (AvgIpc) is 1.22. The number of aromatic amines is 1. The number of rotatable bonds is 26. The number of anilines is 4. The van der Waals surface area contributed by atoms with Crippen LogP contribution in [0.3, 0.4) is 0 Å². The van der Waals surface area contributed by atoms with E-state index in [2.05, 4.69) is 157 Å². The number of H-pyrrole nitrogens is 1. The summed E-state index contributed by atoms with van der Waals surface area (Å²) in [4.78, 5) is 129.